The van der Waals surface area contributed by atoms with E-state index < -0.39 is 0 Å². The fourth-order valence-corrected chi connectivity index (χ4v) is 2.39. The van der Waals surface area contributed by atoms with E-state index in [1.807, 2.05) is 24.3 Å². The number of hydrogen-bond acceptors (Lipinski definition) is 2. The van der Waals surface area contributed by atoms with Gasteiger partial charge in [-0.25, -0.2) is 0 Å². The van der Waals surface area contributed by atoms with E-state index in [4.69, 9.17) is 23.2 Å². The lowest BCUT2D eigenvalue weighted by atomic mass is 10.0. The number of aliphatic hydroxyl groups is 2. The van der Waals surface area contributed by atoms with Crippen molar-refractivity contribution in [3.63, 3.8) is 0 Å². The van der Waals surface area contributed by atoms with Gasteiger partial charge in [0.2, 0.25) is 0 Å². The summed E-state index contributed by atoms with van der Waals surface area (Å²) < 4.78 is 0. The smallest absolute Gasteiger partial charge is 0.0696 e. The second-order valence-corrected chi connectivity index (χ2v) is 4.63. The Balaban J connectivity index is 2.62. The van der Waals surface area contributed by atoms with Gasteiger partial charge in [-0.15, -0.1) is 0 Å². The number of halogens is 2. The maximum Gasteiger partial charge on any atom is 0.0696 e. The van der Waals surface area contributed by atoms with Crippen molar-refractivity contribution in [3.8, 4) is 11.1 Å². The molecule has 18 heavy (non-hydrogen) atoms. The summed E-state index contributed by atoms with van der Waals surface area (Å²) in [6, 6.07) is 10.8. The first-order valence-corrected chi connectivity index (χ1v) is 6.21. The van der Waals surface area contributed by atoms with Crippen LogP contribution in [-0.4, -0.2) is 10.2 Å². The number of hydrogen-bond donors (Lipinski definition) is 2. The maximum atomic E-state index is 9.20. The Labute approximate surface area is 115 Å². The second kappa shape index (κ2) is 5.72. The minimum Gasteiger partial charge on any atom is -0.392 e. The lowest BCUT2D eigenvalue weighted by Gasteiger charge is -2.11. The van der Waals surface area contributed by atoms with Crippen LogP contribution in [0.25, 0.3) is 11.1 Å². The topological polar surface area (TPSA) is 40.5 Å². The molecule has 0 aliphatic carbocycles. The van der Waals surface area contributed by atoms with Crippen molar-refractivity contribution in [1.82, 2.24) is 0 Å². The molecule has 4 heteroatoms. The van der Waals surface area contributed by atoms with Crippen LogP contribution in [0.3, 0.4) is 0 Å². The summed E-state index contributed by atoms with van der Waals surface area (Å²) in [5.41, 5.74) is 2.81. The van der Waals surface area contributed by atoms with Crippen molar-refractivity contribution in [3.05, 3.63) is 57.6 Å². The van der Waals surface area contributed by atoms with E-state index in [-0.39, 0.29) is 13.2 Å². The molecular formula is C14H12Cl2O2. The molecule has 0 saturated carbocycles. The van der Waals surface area contributed by atoms with Crippen molar-refractivity contribution in [2.75, 3.05) is 0 Å². The molecule has 0 unspecified atom stereocenters. The summed E-state index contributed by atoms with van der Waals surface area (Å²) in [4.78, 5) is 0. The van der Waals surface area contributed by atoms with Crippen molar-refractivity contribution >= 4 is 23.2 Å². The Morgan fingerprint density at radius 3 is 1.44 bits per heavy atom. The third-order valence-electron chi connectivity index (χ3n) is 2.79. The van der Waals surface area contributed by atoms with Crippen LogP contribution in [0.2, 0.25) is 10.0 Å². The average Bonchev–Trinajstić information content (AvgIpc) is 2.40. The molecule has 0 saturated heterocycles. The molecule has 2 aromatic carbocycles. The minimum atomic E-state index is -0.121. The molecule has 2 N–H and O–H groups in total. The lowest BCUT2D eigenvalue weighted by molar-refractivity contribution is 0.281. The summed E-state index contributed by atoms with van der Waals surface area (Å²) >= 11 is 12.5. The molecule has 0 atom stereocenters. The summed E-state index contributed by atoms with van der Waals surface area (Å²) in [7, 11) is 0. The molecule has 2 rings (SSSR count). The highest BCUT2D eigenvalue weighted by atomic mass is 35.5. The van der Waals surface area contributed by atoms with Gasteiger partial charge in [0.1, 0.15) is 0 Å². The summed E-state index contributed by atoms with van der Waals surface area (Å²) in [6.07, 6.45) is 0. The van der Waals surface area contributed by atoms with Gasteiger partial charge in [-0.1, -0.05) is 59.6 Å². The molecule has 0 radical (unpaired) electrons. The predicted molar refractivity (Wildman–Crippen MR) is 73.7 cm³/mol. The average molecular weight is 283 g/mol. The standard InChI is InChI=1S/C14H12Cl2O2/c15-13-9(7-17)3-1-5-11(13)12-6-2-4-10(8-18)14(12)16/h1-6,17-18H,7-8H2. The van der Waals surface area contributed by atoms with Gasteiger partial charge in [0.15, 0.2) is 0 Å². The molecule has 0 spiro atoms. The molecule has 2 nitrogen and oxygen atoms in total. The molecule has 0 fully saturated rings. The molecule has 0 heterocycles. The first-order chi connectivity index (χ1) is 8.69. The highest BCUT2D eigenvalue weighted by Gasteiger charge is 2.12. The van der Waals surface area contributed by atoms with Gasteiger partial charge < -0.3 is 10.2 Å². The van der Waals surface area contributed by atoms with E-state index in [1.54, 1.807) is 12.1 Å². The molecule has 0 amide bonds. The van der Waals surface area contributed by atoms with Crippen molar-refractivity contribution in [2.45, 2.75) is 13.2 Å². The monoisotopic (exact) mass is 282 g/mol. The Kier molecular flexibility index (Phi) is 4.25. The fourth-order valence-electron chi connectivity index (χ4n) is 1.82. The van der Waals surface area contributed by atoms with Crippen LogP contribution in [0.1, 0.15) is 11.1 Å². The van der Waals surface area contributed by atoms with Gasteiger partial charge >= 0.3 is 0 Å². The van der Waals surface area contributed by atoms with E-state index in [9.17, 15) is 10.2 Å². The molecule has 0 aromatic heterocycles. The Morgan fingerprint density at radius 1 is 0.722 bits per heavy atom. The Morgan fingerprint density at radius 2 is 1.11 bits per heavy atom. The zero-order chi connectivity index (χ0) is 13.1. The normalized spacial score (nSPS) is 10.7. The third-order valence-corrected chi connectivity index (χ3v) is 3.68. The first-order valence-electron chi connectivity index (χ1n) is 5.46. The van der Waals surface area contributed by atoms with Crippen LogP contribution in [0.5, 0.6) is 0 Å². The molecule has 2 aromatic rings. The van der Waals surface area contributed by atoms with Crippen molar-refractivity contribution in [1.29, 1.82) is 0 Å². The molecule has 0 aliphatic heterocycles. The molecule has 0 aliphatic rings. The van der Waals surface area contributed by atoms with Gasteiger partial charge in [0, 0.05) is 11.1 Å². The van der Waals surface area contributed by atoms with E-state index in [1.165, 1.54) is 0 Å². The molecular weight excluding hydrogens is 271 g/mol. The second-order valence-electron chi connectivity index (χ2n) is 3.87. The highest BCUT2D eigenvalue weighted by Crippen LogP contribution is 2.36. The van der Waals surface area contributed by atoms with E-state index in [0.29, 0.717) is 21.2 Å². The summed E-state index contributed by atoms with van der Waals surface area (Å²) in [6.45, 7) is -0.242. The minimum absolute atomic E-state index is 0.121. The number of benzene rings is 2. The van der Waals surface area contributed by atoms with E-state index in [2.05, 4.69) is 0 Å². The molecule has 0 bridgehead atoms. The largest absolute Gasteiger partial charge is 0.392 e. The zero-order valence-electron chi connectivity index (χ0n) is 9.53. The van der Waals surface area contributed by atoms with Crippen LogP contribution < -0.4 is 0 Å². The van der Waals surface area contributed by atoms with Crippen LogP contribution in [0.4, 0.5) is 0 Å². The van der Waals surface area contributed by atoms with Gasteiger partial charge in [-0.3, -0.25) is 0 Å². The quantitative estimate of drug-likeness (QED) is 0.902. The SMILES string of the molecule is OCc1cccc(-c2cccc(CO)c2Cl)c1Cl. The molecule has 94 valence electrons. The Hall–Kier alpha value is -1.06. The van der Waals surface area contributed by atoms with Crippen LogP contribution in [-0.2, 0) is 13.2 Å². The maximum absolute atomic E-state index is 9.20. The summed E-state index contributed by atoms with van der Waals surface area (Å²) in [5, 5.41) is 19.4. The Bertz CT molecular complexity index is 516. The van der Waals surface area contributed by atoms with Crippen LogP contribution in [0, 0.1) is 0 Å². The third kappa shape index (κ3) is 2.38. The van der Waals surface area contributed by atoms with Gasteiger partial charge in [0.25, 0.3) is 0 Å². The predicted octanol–water partition coefficient (Wildman–Crippen LogP) is 3.65. The van der Waals surface area contributed by atoms with Crippen LogP contribution >= 0.6 is 23.2 Å². The van der Waals surface area contributed by atoms with Gasteiger partial charge in [-0.2, -0.15) is 0 Å². The van der Waals surface area contributed by atoms with Crippen LogP contribution in [0.15, 0.2) is 36.4 Å². The van der Waals surface area contributed by atoms with Gasteiger partial charge in [-0.05, 0) is 11.1 Å². The highest BCUT2D eigenvalue weighted by molar-refractivity contribution is 6.37. The van der Waals surface area contributed by atoms with E-state index >= 15 is 0 Å². The first kappa shape index (κ1) is 13.4. The van der Waals surface area contributed by atoms with E-state index in [0.717, 1.165) is 11.1 Å². The number of aliphatic hydroxyl groups excluding tert-OH is 2. The fraction of sp³-hybridized carbons (Fsp3) is 0.143. The van der Waals surface area contributed by atoms with Gasteiger partial charge in [0.05, 0.1) is 23.3 Å². The zero-order valence-corrected chi connectivity index (χ0v) is 11.0. The summed E-state index contributed by atoms with van der Waals surface area (Å²) in [5.74, 6) is 0. The van der Waals surface area contributed by atoms with Crippen molar-refractivity contribution in [2.24, 2.45) is 0 Å². The van der Waals surface area contributed by atoms with Crippen molar-refractivity contribution < 1.29 is 10.2 Å². The lowest BCUT2D eigenvalue weighted by Crippen LogP contribution is -1.91. The number of rotatable bonds is 3.